The Hall–Kier alpha value is 0.180. The van der Waals surface area contributed by atoms with Gasteiger partial charge in [0.1, 0.15) is 0 Å². The molecule has 0 aromatic carbocycles. The number of nitrogens with zero attached hydrogens (tertiary/aromatic N) is 1. The van der Waals surface area contributed by atoms with Gasteiger partial charge in [0, 0.05) is 17.6 Å². The number of hydrogen-bond acceptors (Lipinski definition) is 1. The van der Waals surface area contributed by atoms with Gasteiger partial charge >= 0.3 is 0 Å². The highest BCUT2D eigenvalue weighted by atomic mass is 79.9. The third kappa shape index (κ3) is 2.16. The van der Waals surface area contributed by atoms with Crippen LogP contribution in [0.15, 0.2) is 11.1 Å². The molecule has 1 heterocycles. The van der Waals surface area contributed by atoms with Gasteiger partial charge in [-0.2, -0.15) is 0 Å². The highest BCUT2D eigenvalue weighted by Gasteiger charge is 2.40. The summed E-state index contributed by atoms with van der Waals surface area (Å²) in [5, 5.41) is 0. The van der Waals surface area contributed by atoms with Gasteiger partial charge in [0.15, 0.2) is 0 Å². The molecule has 0 aromatic rings. The van der Waals surface area contributed by atoms with Crippen molar-refractivity contribution in [2.45, 2.75) is 32.1 Å². The van der Waals surface area contributed by atoms with Crippen molar-refractivity contribution in [3.63, 3.8) is 0 Å². The Morgan fingerprint density at radius 1 is 1.31 bits per heavy atom. The number of rotatable bonds is 2. The van der Waals surface area contributed by atoms with Gasteiger partial charge in [-0.1, -0.05) is 28.9 Å². The lowest BCUT2D eigenvalue weighted by atomic mass is 9.64. The fourth-order valence-corrected chi connectivity index (χ4v) is 3.13. The van der Waals surface area contributed by atoms with Crippen LogP contribution in [0, 0.1) is 5.41 Å². The van der Waals surface area contributed by atoms with E-state index in [0.29, 0.717) is 0 Å². The van der Waals surface area contributed by atoms with Crippen molar-refractivity contribution in [1.29, 1.82) is 0 Å². The Labute approximate surface area is 89.3 Å². The highest BCUT2D eigenvalue weighted by Crippen LogP contribution is 2.47. The molecule has 1 saturated heterocycles. The molecule has 1 aliphatic heterocycles. The monoisotopic (exact) mass is 243 g/mol. The summed E-state index contributed by atoms with van der Waals surface area (Å²) in [7, 11) is 0. The Bertz CT molecular complexity index is 208. The van der Waals surface area contributed by atoms with Crippen molar-refractivity contribution in [2.75, 3.05) is 19.6 Å². The van der Waals surface area contributed by atoms with Gasteiger partial charge in [-0.3, -0.25) is 4.90 Å². The first-order valence-corrected chi connectivity index (χ1v) is 6.05. The third-order valence-electron chi connectivity index (χ3n) is 3.55. The van der Waals surface area contributed by atoms with E-state index >= 15 is 0 Å². The lowest BCUT2D eigenvalue weighted by molar-refractivity contribution is 0.0256. The molecule has 0 unspecified atom stereocenters. The predicted octanol–water partition coefficient (Wildman–Crippen LogP) is 3.16. The van der Waals surface area contributed by atoms with Crippen LogP contribution in [0.2, 0.25) is 0 Å². The Kier molecular flexibility index (Phi) is 2.80. The lowest BCUT2D eigenvalue weighted by Crippen LogP contribution is -2.47. The van der Waals surface area contributed by atoms with Gasteiger partial charge < -0.3 is 0 Å². The summed E-state index contributed by atoms with van der Waals surface area (Å²) in [4.78, 5) is 2.56. The summed E-state index contributed by atoms with van der Waals surface area (Å²) in [6.45, 7) is 7.55. The summed E-state index contributed by atoms with van der Waals surface area (Å²) < 4.78 is 1.13. The molecular weight excluding hydrogens is 226 g/mol. The van der Waals surface area contributed by atoms with Gasteiger partial charge in [0.25, 0.3) is 0 Å². The minimum absolute atomic E-state index is 0.723. The van der Waals surface area contributed by atoms with E-state index in [2.05, 4.69) is 27.4 Å². The number of piperidine rings is 1. The molecule has 1 spiro atoms. The van der Waals surface area contributed by atoms with Crippen LogP contribution < -0.4 is 0 Å². The third-order valence-corrected chi connectivity index (χ3v) is 3.80. The van der Waals surface area contributed by atoms with Gasteiger partial charge in [-0.25, -0.2) is 0 Å². The predicted molar refractivity (Wildman–Crippen MR) is 60.0 cm³/mol. The van der Waals surface area contributed by atoms with Crippen LogP contribution in [0.25, 0.3) is 0 Å². The second kappa shape index (κ2) is 3.74. The maximum atomic E-state index is 3.92. The Morgan fingerprint density at radius 3 is 2.54 bits per heavy atom. The first kappa shape index (κ1) is 9.72. The molecule has 0 N–H and O–H groups in total. The molecule has 74 valence electrons. The normalized spacial score (nSPS) is 27.2. The molecule has 1 saturated carbocycles. The van der Waals surface area contributed by atoms with Crippen molar-refractivity contribution in [3.8, 4) is 0 Å². The van der Waals surface area contributed by atoms with E-state index in [-0.39, 0.29) is 0 Å². The molecule has 0 amide bonds. The van der Waals surface area contributed by atoms with Crippen LogP contribution in [0.5, 0.6) is 0 Å². The molecule has 1 aliphatic carbocycles. The first-order valence-electron chi connectivity index (χ1n) is 5.26. The zero-order valence-corrected chi connectivity index (χ0v) is 9.78. The van der Waals surface area contributed by atoms with Crippen molar-refractivity contribution < 1.29 is 0 Å². The van der Waals surface area contributed by atoms with Crippen molar-refractivity contribution in [1.82, 2.24) is 4.90 Å². The van der Waals surface area contributed by atoms with Crippen molar-refractivity contribution >= 4 is 15.9 Å². The quantitative estimate of drug-likeness (QED) is 0.721. The fraction of sp³-hybridized carbons (Fsp3) is 0.818. The SMILES string of the molecule is C=C(Br)CN1CCCC2(CCC2)C1. The summed E-state index contributed by atoms with van der Waals surface area (Å²) in [5.41, 5.74) is 0.723. The molecule has 0 atom stereocenters. The zero-order chi connectivity index (χ0) is 9.31. The van der Waals surface area contributed by atoms with Gasteiger partial charge in [0.2, 0.25) is 0 Å². The summed E-state index contributed by atoms with van der Waals surface area (Å²) in [5.74, 6) is 0. The molecule has 2 fully saturated rings. The average molecular weight is 244 g/mol. The molecule has 2 heteroatoms. The Morgan fingerprint density at radius 2 is 2.00 bits per heavy atom. The maximum Gasteiger partial charge on any atom is 0.0294 e. The Balaban J connectivity index is 1.88. The van der Waals surface area contributed by atoms with E-state index in [9.17, 15) is 0 Å². The van der Waals surface area contributed by atoms with E-state index in [0.717, 1.165) is 16.4 Å². The number of hydrogen-bond donors (Lipinski definition) is 0. The topological polar surface area (TPSA) is 3.24 Å². The summed E-state index contributed by atoms with van der Waals surface area (Å²) >= 11 is 3.45. The summed E-state index contributed by atoms with van der Waals surface area (Å²) in [6.07, 6.45) is 7.26. The number of halogens is 1. The largest absolute Gasteiger partial charge is 0.298 e. The fourth-order valence-electron chi connectivity index (χ4n) is 2.77. The molecule has 0 radical (unpaired) electrons. The molecule has 1 nitrogen and oxygen atoms in total. The van der Waals surface area contributed by atoms with E-state index in [1.807, 2.05) is 0 Å². The van der Waals surface area contributed by atoms with E-state index < -0.39 is 0 Å². The van der Waals surface area contributed by atoms with Gasteiger partial charge in [-0.05, 0) is 37.6 Å². The van der Waals surface area contributed by atoms with Crippen LogP contribution >= 0.6 is 15.9 Å². The lowest BCUT2D eigenvalue weighted by Gasteiger charge is -2.49. The summed E-state index contributed by atoms with van der Waals surface area (Å²) in [6, 6.07) is 0. The average Bonchev–Trinajstić information content (AvgIpc) is 2.01. The highest BCUT2D eigenvalue weighted by molar-refractivity contribution is 9.11. The smallest absolute Gasteiger partial charge is 0.0294 e. The first-order chi connectivity index (χ1) is 6.20. The maximum absolute atomic E-state index is 3.92. The van der Waals surface area contributed by atoms with Crippen LogP contribution in [0.1, 0.15) is 32.1 Å². The molecule has 2 aliphatic rings. The van der Waals surface area contributed by atoms with Crippen molar-refractivity contribution in [3.05, 3.63) is 11.1 Å². The second-order valence-corrected chi connectivity index (χ2v) is 5.81. The van der Waals surface area contributed by atoms with Gasteiger partial charge in [0.05, 0.1) is 0 Å². The zero-order valence-electron chi connectivity index (χ0n) is 8.19. The van der Waals surface area contributed by atoms with Crippen LogP contribution in [0.3, 0.4) is 0 Å². The molecule has 0 aromatic heterocycles. The van der Waals surface area contributed by atoms with Crippen LogP contribution in [-0.2, 0) is 0 Å². The molecule has 0 bridgehead atoms. The standard InChI is InChI=1S/C11H18BrN/c1-10(12)8-13-7-3-6-11(9-13)4-2-5-11/h1-9H2. The minimum Gasteiger partial charge on any atom is -0.298 e. The molecular formula is C11H18BrN. The van der Waals surface area contributed by atoms with E-state index in [1.165, 1.54) is 45.2 Å². The van der Waals surface area contributed by atoms with Gasteiger partial charge in [-0.15, -0.1) is 0 Å². The van der Waals surface area contributed by atoms with Crippen molar-refractivity contribution in [2.24, 2.45) is 5.41 Å². The van der Waals surface area contributed by atoms with E-state index in [4.69, 9.17) is 0 Å². The number of likely N-dealkylation sites (tertiary alicyclic amines) is 1. The molecule has 13 heavy (non-hydrogen) atoms. The van der Waals surface area contributed by atoms with Crippen LogP contribution in [0.4, 0.5) is 0 Å². The molecule has 2 rings (SSSR count). The second-order valence-electron chi connectivity index (χ2n) is 4.69. The minimum atomic E-state index is 0.723. The van der Waals surface area contributed by atoms with Crippen LogP contribution in [-0.4, -0.2) is 24.5 Å². The van der Waals surface area contributed by atoms with E-state index in [1.54, 1.807) is 0 Å².